The number of para-hydroxylation sites is 1. The van der Waals surface area contributed by atoms with Crippen LogP contribution < -0.4 is 0 Å². The molecule has 0 saturated heterocycles. The Kier molecular flexibility index (Phi) is 2.21. The van der Waals surface area contributed by atoms with Crippen molar-refractivity contribution in [2.24, 2.45) is 0 Å². The van der Waals surface area contributed by atoms with E-state index < -0.39 is 0 Å². The Bertz CT molecular complexity index is 666. The van der Waals surface area contributed by atoms with E-state index in [1.165, 1.54) is 16.6 Å². The van der Waals surface area contributed by atoms with Crippen molar-refractivity contribution in [1.82, 2.24) is 14.7 Å². The molecule has 0 aliphatic heterocycles. The maximum atomic E-state index is 4.99. The molecule has 0 fully saturated rings. The third-order valence-electron chi connectivity index (χ3n) is 2.89. The minimum atomic E-state index is 0.606. The van der Waals surface area contributed by atoms with E-state index in [0.29, 0.717) is 18.3 Å². The fraction of sp³-hybridized carbons (Fsp3) is 0.231. The Morgan fingerprint density at radius 2 is 2.06 bits per heavy atom. The first-order valence-corrected chi connectivity index (χ1v) is 5.58. The lowest BCUT2D eigenvalue weighted by Gasteiger charge is -2.04. The van der Waals surface area contributed by atoms with E-state index in [-0.39, 0.29) is 0 Å². The number of rotatable bonds is 2. The summed E-state index contributed by atoms with van der Waals surface area (Å²) in [5, 5.41) is 5.17. The molecule has 4 heteroatoms. The Morgan fingerprint density at radius 1 is 1.24 bits per heavy atom. The summed E-state index contributed by atoms with van der Waals surface area (Å²) in [5.41, 5.74) is 2.40. The molecule has 0 radical (unpaired) electrons. The lowest BCUT2D eigenvalue weighted by atomic mass is 10.2. The van der Waals surface area contributed by atoms with Gasteiger partial charge in [0.2, 0.25) is 5.89 Å². The van der Waals surface area contributed by atoms with Crippen LogP contribution in [0.2, 0.25) is 0 Å². The minimum absolute atomic E-state index is 0.606. The molecule has 0 amide bonds. The molecule has 4 nitrogen and oxygen atoms in total. The summed E-state index contributed by atoms with van der Waals surface area (Å²) in [6.07, 6.45) is 0. The number of aryl methyl sites for hydroxylation is 2. The van der Waals surface area contributed by atoms with Gasteiger partial charge in [0.1, 0.15) is 0 Å². The highest BCUT2D eigenvalue weighted by Gasteiger charge is 2.08. The van der Waals surface area contributed by atoms with Gasteiger partial charge in [-0.1, -0.05) is 23.4 Å². The number of hydrogen-bond acceptors (Lipinski definition) is 3. The second kappa shape index (κ2) is 3.73. The molecule has 86 valence electrons. The SMILES string of the molecule is Cc1nc(Cn2c(C)cc3ccccc32)no1. The molecule has 0 atom stereocenters. The number of hydrogen-bond donors (Lipinski definition) is 0. The second-order valence-electron chi connectivity index (χ2n) is 4.16. The lowest BCUT2D eigenvalue weighted by molar-refractivity contribution is 0.386. The van der Waals surface area contributed by atoms with Crippen molar-refractivity contribution >= 4 is 10.9 Å². The predicted octanol–water partition coefficient (Wildman–Crippen LogP) is 2.69. The fourth-order valence-corrected chi connectivity index (χ4v) is 2.11. The van der Waals surface area contributed by atoms with Crippen LogP contribution in [0.4, 0.5) is 0 Å². The molecule has 3 rings (SSSR count). The molecule has 0 bridgehead atoms. The summed E-state index contributed by atoms with van der Waals surface area (Å²) in [7, 11) is 0. The van der Waals surface area contributed by atoms with E-state index in [4.69, 9.17) is 4.52 Å². The monoisotopic (exact) mass is 227 g/mol. The summed E-state index contributed by atoms with van der Waals surface area (Å²) in [5.74, 6) is 1.32. The van der Waals surface area contributed by atoms with Gasteiger partial charge in [-0.25, -0.2) is 0 Å². The lowest BCUT2D eigenvalue weighted by Crippen LogP contribution is -2.02. The highest BCUT2D eigenvalue weighted by atomic mass is 16.5. The van der Waals surface area contributed by atoms with E-state index in [1.807, 2.05) is 12.1 Å². The van der Waals surface area contributed by atoms with Crippen LogP contribution in [0.1, 0.15) is 17.4 Å². The summed E-state index contributed by atoms with van der Waals surface area (Å²) in [4.78, 5) is 4.23. The van der Waals surface area contributed by atoms with Crippen LogP contribution in [0, 0.1) is 13.8 Å². The summed E-state index contributed by atoms with van der Waals surface area (Å²) in [6.45, 7) is 4.54. The van der Waals surface area contributed by atoms with Gasteiger partial charge in [0.15, 0.2) is 5.82 Å². The first-order chi connectivity index (χ1) is 8.24. The molecular weight excluding hydrogens is 214 g/mol. The van der Waals surface area contributed by atoms with Crippen molar-refractivity contribution in [3.05, 3.63) is 47.7 Å². The van der Waals surface area contributed by atoms with Gasteiger partial charge < -0.3 is 9.09 Å². The van der Waals surface area contributed by atoms with E-state index in [2.05, 4.69) is 39.8 Å². The van der Waals surface area contributed by atoms with Gasteiger partial charge in [0.05, 0.1) is 6.54 Å². The smallest absolute Gasteiger partial charge is 0.223 e. The van der Waals surface area contributed by atoms with Crippen LogP contribution in [0.25, 0.3) is 10.9 Å². The molecular formula is C13H13N3O. The minimum Gasteiger partial charge on any atom is -0.340 e. The van der Waals surface area contributed by atoms with Gasteiger partial charge in [-0.3, -0.25) is 0 Å². The van der Waals surface area contributed by atoms with Crippen molar-refractivity contribution in [3.8, 4) is 0 Å². The molecule has 1 aromatic carbocycles. The Balaban J connectivity index is 2.08. The molecule has 0 spiro atoms. The zero-order valence-electron chi connectivity index (χ0n) is 9.84. The Morgan fingerprint density at radius 3 is 2.82 bits per heavy atom. The van der Waals surface area contributed by atoms with Gasteiger partial charge >= 0.3 is 0 Å². The molecule has 0 N–H and O–H groups in total. The standard InChI is InChI=1S/C13H13N3O/c1-9-7-11-5-3-4-6-12(11)16(9)8-13-14-10(2)17-15-13/h3-7H,8H2,1-2H3. The zero-order chi connectivity index (χ0) is 11.8. The third-order valence-corrected chi connectivity index (χ3v) is 2.89. The zero-order valence-corrected chi connectivity index (χ0v) is 9.84. The van der Waals surface area contributed by atoms with Crippen molar-refractivity contribution < 1.29 is 4.52 Å². The van der Waals surface area contributed by atoms with Crippen LogP contribution in [0.3, 0.4) is 0 Å². The van der Waals surface area contributed by atoms with Gasteiger partial charge in [0, 0.05) is 18.1 Å². The maximum absolute atomic E-state index is 4.99. The highest BCUT2D eigenvalue weighted by molar-refractivity contribution is 5.81. The number of benzene rings is 1. The molecule has 0 aliphatic carbocycles. The average molecular weight is 227 g/mol. The van der Waals surface area contributed by atoms with Crippen LogP contribution >= 0.6 is 0 Å². The molecule has 0 aliphatic rings. The Hall–Kier alpha value is -2.10. The average Bonchev–Trinajstić information content (AvgIpc) is 2.85. The van der Waals surface area contributed by atoms with E-state index >= 15 is 0 Å². The first-order valence-electron chi connectivity index (χ1n) is 5.58. The van der Waals surface area contributed by atoms with Gasteiger partial charge in [0.25, 0.3) is 0 Å². The van der Waals surface area contributed by atoms with Crippen molar-refractivity contribution in [2.45, 2.75) is 20.4 Å². The van der Waals surface area contributed by atoms with Crippen LogP contribution in [-0.2, 0) is 6.54 Å². The molecule has 0 unspecified atom stereocenters. The molecule has 2 heterocycles. The van der Waals surface area contributed by atoms with Crippen LogP contribution in [0.5, 0.6) is 0 Å². The fourth-order valence-electron chi connectivity index (χ4n) is 2.11. The van der Waals surface area contributed by atoms with Gasteiger partial charge in [-0.2, -0.15) is 4.98 Å². The summed E-state index contributed by atoms with van der Waals surface area (Å²) >= 11 is 0. The summed E-state index contributed by atoms with van der Waals surface area (Å²) in [6, 6.07) is 10.5. The topological polar surface area (TPSA) is 43.9 Å². The molecule has 3 aromatic rings. The quantitative estimate of drug-likeness (QED) is 0.676. The van der Waals surface area contributed by atoms with Crippen molar-refractivity contribution in [3.63, 3.8) is 0 Å². The molecule has 0 saturated carbocycles. The van der Waals surface area contributed by atoms with E-state index in [0.717, 1.165) is 0 Å². The van der Waals surface area contributed by atoms with E-state index in [1.54, 1.807) is 6.92 Å². The van der Waals surface area contributed by atoms with Crippen LogP contribution in [-0.4, -0.2) is 14.7 Å². The largest absolute Gasteiger partial charge is 0.340 e. The van der Waals surface area contributed by atoms with Crippen molar-refractivity contribution in [1.29, 1.82) is 0 Å². The highest BCUT2D eigenvalue weighted by Crippen LogP contribution is 2.19. The number of nitrogens with zero attached hydrogens (tertiary/aromatic N) is 3. The van der Waals surface area contributed by atoms with Crippen LogP contribution in [0.15, 0.2) is 34.9 Å². The van der Waals surface area contributed by atoms with E-state index in [9.17, 15) is 0 Å². The molecule has 17 heavy (non-hydrogen) atoms. The predicted molar refractivity (Wildman–Crippen MR) is 64.8 cm³/mol. The second-order valence-corrected chi connectivity index (χ2v) is 4.16. The number of aromatic nitrogens is 3. The number of fused-ring (bicyclic) bond motifs is 1. The van der Waals surface area contributed by atoms with Gasteiger partial charge in [-0.05, 0) is 24.4 Å². The normalized spacial score (nSPS) is 11.2. The van der Waals surface area contributed by atoms with Crippen molar-refractivity contribution in [2.75, 3.05) is 0 Å². The molecule has 2 aromatic heterocycles. The first kappa shape index (κ1) is 10.1. The summed E-state index contributed by atoms with van der Waals surface area (Å²) < 4.78 is 7.18. The van der Waals surface area contributed by atoms with Gasteiger partial charge in [-0.15, -0.1) is 0 Å². The maximum Gasteiger partial charge on any atom is 0.223 e. The Labute approximate surface area is 98.9 Å². The third kappa shape index (κ3) is 1.71.